The van der Waals surface area contributed by atoms with Crippen molar-refractivity contribution < 1.29 is 0 Å². The summed E-state index contributed by atoms with van der Waals surface area (Å²) >= 11 is 0. The summed E-state index contributed by atoms with van der Waals surface area (Å²) in [7, 11) is 0. The largest absolute Gasteiger partial charge is 0.309 e. The van der Waals surface area contributed by atoms with Crippen LogP contribution in [-0.4, -0.2) is 0 Å². The number of benzene rings is 10. The molecular weight excluding hydrogens is 825 g/mol. The van der Waals surface area contributed by atoms with E-state index in [0.29, 0.717) is 11.3 Å². The molecule has 0 aliphatic heterocycles. The second-order valence-electron chi connectivity index (χ2n) is 18.9. The van der Waals surface area contributed by atoms with Gasteiger partial charge in [0.05, 0.1) is 29.6 Å². The van der Waals surface area contributed by atoms with Crippen LogP contribution in [0.25, 0.3) is 59.4 Å². The lowest BCUT2D eigenvalue weighted by molar-refractivity contribution is 0.875. The second-order valence-corrected chi connectivity index (χ2v) is 18.9. The molecular formula is C64H54N4. The third-order valence-corrected chi connectivity index (χ3v) is 13.9. The standard InChI is InChI=1S/C64H54N4/c1-39(2)55-36-61(67(57-16-12-10-14-41(57)5)59-34-48(22-18-43(59)7)46-24-20-45(38-65)21-25-46)53-32-30-52-56(40(3)4)37-62(54-33-31-51(55)63(53)64(52)54)68(58-17-13-11-15-42(58)6)60-35-49(23-19-44(60)8)47-26-28-50(66-9)29-27-47/h10-37,39-40H,1-8H3. The van der Waals surface area contributed by atoms with Gasteiger partial charge in [-0.3, -0.25) is 0 Å². The van der Waals surface area contributed by atoms with Crippen LogP contribution in [0.15, 0.2) is 170 Å². The Hall–Kier alpha value is -8.18. The van der Waals surface area contributed by atoms with Gasteiger partial charge in [-0.15, -0.1) is 0 Å². The summed E-state index contributed by atoms with van der Waals surface area (Å²) in [6.07, 6.45) is 0. The third kappa shape index (κ3) is 7.49. The van der Waals surface area contributed by atoms with Gasteiger partial charge in [0.25, 0.3) is 0 Å². The van der Waals surface area contributed by atoms with E-state index in [1.54, 1.807) is 0 Å². The van der Waals surface area contributed by atoms with E-state index < -0.39 is 0 Å². The average molecular weight is 879 g/mol. The van der Waals surface area contributed by atoms with E-state index >= 15 is 0 Å². The maximum Gasteiger partial charge on any atom is 0.187 e. The van der Waals surface area contributed by atoms with Gasteiger partial charge in [0.15, 0.2) is 5.69 Å². The number of rotatable bonds is 10. The predicted molar refractivity (Wildman–Crippen MR) is 288 cm³/mol. The number of nitrogens with zero attached hydrogens (tertiary/aromatic N) is 4. The molecule has 10 rings (SSSR count). The fourth-order valence-electron chi connectivity index (χ4n) is 10.3. The van der Waals surface area contributed by atoms with Crippen LogP contribution in [-0.2, 0) is 0 Å². The van der Waals surface area contributed by atoms with Crippen molar-refractivity contribution in [1.29, 1.82) is 5.26 Å². The lowest BCUT2D eigenvalue weighted by atomic mass is 9.83. The summed E-state index contributed by atoms with van der Waals surface area (Å²) < 4.78 is 0. The smallest absolute Gasteiger partial charge is 0.187 e. The van der Waals surface area contributed by atoms with Crippen LogP contribution in [0.2, 0.25) is 0 Å². The Kier molecular flexibility index (Phi) is 11.3. The molecule has 0 spiro atoms. The zero-order valence-corrected chi connectivity index (χ0v) is 40.1. The van der Waals surface area contributed by atoms with Crippen LogP contribution in [0.1, 0.15) is 78.5 Å². The molecule has 0 saturated heterocycles. The van der Waals surface area contributed by atoms with Crippen molar-refractivity contribution in [2.24, 2.45) is 0 Å². The predicted octanol–water partition coefficient (Wildman–Crippen LogP) is 18.8. The van der Waals surface area contributed by atoms with Crippen molar-refractivity contribution in [2.75, 3.05) is 9.80 Å². The van der Waals surface area contributed by atoms with Crippen molar-refractivity contribution >= 4 is 72.1 Å². The molecule has 0 amide bonds. The average Bonchev–Trinajstić information content (AvgIpc) is 3.35. The van der Waals surface area contributed by atoms with Crippen LogP contribution in [0.5, 0.6) is 0 Å². The highest BCUT2D eigenvalue weighted by Crippen LogP contribution is 2.52. The molecule has 0 atom stereocenters. The third-order valence-electron chi connectivity index (χ3n) is 13.9. The molecule has 0 aliphatic carbocycles. The Balaban J connectivity index is 1.30. The Labute approximate surface area is 401 Å². The van der Waals surface area contributed by atoms with Crippen molar-refractivity contribution in [3.63, 3.8) is 0 Å². The molecule has 10 aromatic carbocycles. The van der Waals surface area contributed by atoms with E-state index in [1.807, 2.05) is 36.4 Å². The number of hydrogen-bond donors (Lipinski definition) is 0. The minimum absolute atomic E-state index is 0.241. The summed E-state index contributed by atoms with van der Waals surface area (Å²) in [4.78, 5) is 8.66. The van der Waals surface area contributed by atoms with Gasteiger partial charge in [-0.1, -0.05) is 149 Å². The lowest BCUT2D eigenvalue weighted by Crippen LogP contribution is -2.15. The van der Waals surface area contributed by atoms with Crippen LogP contribution < -0.4 is 9.80 Å². The fourth-order valence-corrected chi connectivity index (χ4v) is 10.3. The van der Waals surface area contributed by atoms with E-state index in [-0.39, 0.29) is 11.8 Å². The van der Waals surface area contributed by atoms with E-state index in [0.717, 1.165) is 56.4 Å². The molecule has 68 heavy (non-hydrogen) atoms. The van der Waals surface area contributed by atoms with E-state index in [1.165, 1.54) is 65.7 Å². The van der Waals surface area contributed by atoms with Gasteiger partial charge >= 0.3 is 0 Å². The van der Waals surface area contributed by atoms with Gasteiger partial charge in [0, 0.05) is 33.5 Å². The maximum atomic E-state index is 9.59. The number of hydrogen-bond acceptors (Lipinski definition) is 3. The van der Waals surface area contributed by atoms with Crippen LogP contribution in [0, 0.1) is 45.6 Å². The molecule has 10 aromatic rings. The summed E-state index contributed by atoms with van der Waals surface area (Å²) in [5.74, 6) is 0.482. The summed E-state index contributed by atoms with van der Waals surface area (Å²) in [6, 6.07) is 63.5. The molecule has 4 nitrogen and oxygen atoms in total. The Morgan fingerprint density at radius 1 is 0.412 bits per heavy atom. The van der Waals surface area contributed by atoms with Gasteiger partial charge in [0.2, 0.25) is 0 Å². The van der Waals surface area contributed by atoms with Crippen molar-refractivity contribution in [2.45, 2.75) is 67.2 Å². The first-order valence-corrected chi connectivity index (χ1v) is 23.6. The molecule has 0 heterocycles. The Bertz CT molecular complexity index is 3400. The number of para-hydroxylation sites is 2. The first-order valence-electron chi connectivity index (χ1n) is 23.6. The molecule has 0 fully saturated rings. The topological polar surface area (TPSA) is 34.6 Å². The Morgan fingerprint density at radius 3 is 1.19 bits per heavy atom. The van der Waals surface area contributed by atoms with Gasteiger partial charge in [0.1, 0.15) is 0 Å². The minimum atomic E-state index is 0.241. The molecule has 4 heteroatoms. The molecule has 0 unspecified atom stereocenters. The molecule has 0 bridgehead atoms. The highest BCUT2D eigenvalue weighted by Gasteiger charge is 2.28. The maximum absolute atomic E-state index is 9.59. The molecule has 0 aliphatic rings. The zero-order valence-electron chi connectivity index (χ0n) is 40.1. The van der Waals surface area contributed by atoms with Gasteiger partial charge in [-0.25, -0.2) is 4.85 Å². The molecule has 0 N–H and O–H groups in total. The highest BCUT2D eigenvalue weighted by atomic mass is 15.2. The second kappa shape index (κ2) is 17.6. The molecule has 0 saturated carbocycles. The molecule has 0 radical (unpaired) electrons. The highest BCUT2D eigenvalue weighted by molar-refractivity contribution is 6.29. The van der Waals surface area contributed by atoms with Gasteiger partial charge in [-0.2, -0.15) is 5.26 Å². The number of aryl methyl sites for hydroxylation is 4. The molecule has 0 aromatic heterocycles. The van der Waals surface area contributed by atoms with Gasteiger partial charge < -0.3 is 9.80 Å². The SMILES string of the molecule is [C-]#[N+]c1ccc(-c2ccc(C)c(N(c3ccccc3C)c3cc(C(C)C)c4ccc5c(N(c6ccccc6C)c6cc(-c7ccc(C#N)cc7)ccc6C)cc(C(C)C)c6ccc3c4c65)c2)cc1. The minimum Gasteiger partial charge on any atom is -0.309 e. The summed E-state index contributed by atoms with van der Waals surface area (Å²) in [5, 5.41) is 17.1. The van der Waals surface area contributed by atoms with Crippen LogP contribution >= 0.6 is 0 Å². The summed E-state index contributed by atoms with van der Waals surface area (Å²) in [5.41, 5.74) is 19.7. The Morgan fingerprint density at radius 2 is 0.794 bits per heavy atom. The lowest BCUT2D eigenvalue weighted by Gasteiger charge is -2.33. The quantitative estimate of drug-likeness (QED) is 0.101. The van der Waals surface area contributed by atoms with Crippen molar-refractivity contribution in [1.82, 2.24) is 0 Å². The normalized spacial score (nSPS) is 11.5. The van der Waals surface area contributed by atoms with Gasteiger partial charge in [-0.05, 0) is 165 Å². The van der Waals surface area contributed by atoms with Crippen LogP contribution in [0.3, 0.4) is 0 Å². The van der Waals surface area contributed by atoms with E-state index in [2.05, 4.69) is 210 Å². The number of nitriles is 1. The zero-order chi connectivity index (χ0) is 47.4. The molecule has 330 valence electrons. The van der Waals surface area contributed by atoms with E-state index in [9.17, 15) is 5.26 Å². The first-order chi connectivity index (χ1) is 32.9. The number of anilines is 6. The fraction of sp³-hybridized carbons (Fsp3) is 0.156. The van der Waals surface area contributed by atoms with Crippen molar-refractivity contribution in [3.05, 3.63) is 220 Å². The van der Waals surface area contributed by atoms with Crippen LogP contribution in [0.4, 0.5) is 39.8 Å². The van der Waals surface area contributed by atoms with E-state index in [4.69, 9.17) is 6.57 Å². The van der Waals surface area contributed by atoms with Crippen molar-refractivity contribution in [3.8, 4) is 28.3 Å². The first kappa shape index (κ1) is 43.7. The summed E-state index contributed by atoms with van der Waals surface area (Å²) in [6.45, 7) is 25.7. The monoisotopic (exact) mass is 878 g/mol.